The highest BCUT2D eigenvalue weighted by atomic mass is 16.3. The summed E-state index contributed by atoms with van der Waals surface area (Å²) in [5, 5.41) is 14.6. The predicted octanol–water partition coefficient (Wildman–Crippen LogP) is 1.92. The van der Waals surface area contributed by atoms with Crippen molar-refractivity contribution in [2.75, 3.05) is 0 Å². The van der Waals surface area contributed by atoms with Gasteiger partial charge in [0.1, 0.15) is 12.2 Å². The Bertz CT molecular complexity index is 524. The maximum Gasteiger partial charge on any atom is 0.138 e. The minimum atomic E-state index is -0.558. The molecule has 2 heterocycles. The van der Waals surface area contributed by atoms with Crippen molar-refractivity contribution in [2.24, 2.45) is 0 Å². The largest absolute Gasteiger partial charge is 0.388 e. The topological polar surface area (TPSA) is 63.8 Å². The van der Waals surface area contributed by atoms with Crippen LogP contribution < -0.4 is 0 Å². The van der Waals surface area contributed by atoms with Gasteiger partial charge in [0.25, 0.3) is 0 Å². The van der Waals surface area contributed by atoms with E-state index in [0.29, 0.717) is 6.42 Å². The van der Waals surface area contributed by atoms with Gasteiger partial charge in [0.15, 0.2) is 0 Å². The summed E-state index contributed by atoms with van der Waals surface area (Å²) < 4.78 is 1.86. The third-order valence-corrected chi connectivity index (χ3v) is 3.19. The highest BCUT2D eigenvalue weighted by Crippen LogP contribution is 2.20. The van der Waals surface area contributed by atoms with Gasteiger partial charge in [-0.1, -0.05) is 13.8 Å². The van der Waals surface area contributed by atoms with Crippen molar-refractivity contribution in [3.63, 3.8) is 0 Å². The quantitative estimate of drug-likeness (QED) is 0.862. The summed E-state index contributed by atoms with van der Waals surface area (Å²) in [6, 6.07) is 1.88. The Kier molecular flexibility index (Phi) is 4.63. The van der Waals surface area contributed by atoms with Crippen molar-refractivity contribution in [1.82, 2.24) is 19.7 Å². The number of rotatable bonds is 6. The molecular weight excluding hydrogens is 240 g/mol. The number of aryl methyl sites for hydroxylation is 2. The van der Waals surface area contributed by atoms with Gasteiger partial charge < -0.3 is 5.11 Å². The average Bonchev–Trinajstić information content (AvgIpc) is 2.86. The van der Waals surface area contributed by atoms with E-state index in [0.717, 1.165) is 36.3 Å². The molecule has 5 nitrogen and oxygen atoms in total. The molecule has 1 atom stereocenters. The zero-order valence-corrected chi connectivity index (χ0v) is 11.5. The van der Waals surface area contributed by atoms with Crippen LogP contribution in [0.4, 0.5) is 0 Å². The fraction of sp³-hybridized carbons (Fsp3) is 0.500. The molecule has 0 aromatic carbocycles. The first-order valence-corrected chi connectivity index (χ1v) is 6.73. The average molecular weight is 260 g/mol. The van der Waals surface area contributed by atoms with E-state index in [9.17, 15) is 5.11 Å². The molecule has 0 saturated carbocycles. The van der Waals surface area contributed by atoms with Gasteiger partial charge in [0, 0.05) is 25.4 Å². The lowest BCUT2D eigenvalue weighted by Crippen LogP contribution is -2.11. The summed E-state index contributed by atoms with van der Waals surface area (Å²) in [5.74, 6) is 0.827. The molecule has 0 aliphatic rings. The maximum atomic E-state index is 10.4. The van der Waals surface area contributed by atoms with Crippen LogP contribution in [0, 0.1) is 0 Å². The van der Waals surface area contributed by atoms with E-state index in [4.69, 9.17) is 0 Å². The smallest absolute Gasteiger partial charge is 0.138 e. The highest BCUT2D eigenvalue weighted by Gasteiger charge is 2.15. The summed E-state index contributed by atoms with van der Waals surface area (Å²) in [5.41, 5.74) is 2.01. The normalized spacial score (nSPS) is 12.6. The second-order valence-corrected chi connectivity index (χ2v) is 4.55. The van der Waals surface area contributed by atoms with Crippen LogP contribution in [-0.2, 0) is 19.4 Å². The highest BCUT2D eigenvalue weighted by molar-refractivity contribution is 5.26. The lowest BCUT2D eigenvalue weighted by atomic mass is 10.0. The summed E-state index contributed by atoms with van der Waals surface area (Å²) in [7, 11) is 0. The van der Waals surface area contributed by atoms with Crippen LogP contribution in [0.15, 0.2) is 24.8 Å². The van der Waals surface area contributed by atoms with Crippen LogP contribution in [0.1, 0.15) is 43.3 Å². The van der Waals surface area contributed by atoms with Gasteiger partial charge in [0.05, 0.1) is 6.10 Å². The predicted molar refractivity (Wildman–Crippen MR) is 72.6 cm³/mol. The summed E-state index contributed by atoms with van der Waals surface area (Å²) in [4.78, 5) is 8.33. The second-order valence-electron chi connectivity index (χ2n) is 4.55. The maximum absolute atomic E-state index is 10.4. The van der Waals surface area contributed by atoms with Crippen LogP contribution in [0.25, 0.3) is 0 Å². The molecule has 0 radical (unpaired) electrons. The van der Waals surface area contributed by atoms with Crippen molar-refractivity contribution >= 4 is 0 Å². The lowest BCUT2D eigenvalue weighted by molar-refractivity contribution is 0.172. The van der Waals surface area contributed by atoms with Crippen LogP contribution >= 0.6 is 0 Å². The van der Waals surface area contributed by atoms with Gasteiger partial charge in [-0.15, -0.1) is 0 Å². The zero-order valence-electron chi connectivity index (χ0n) is 11.5. The van der Waals surface area contributed by atoms with Gasteiger partial charge in [0.2, 0.25) is 0 Å². The van der Waals surface area contributed by atoms with E-state index in [2.05, 4.69) is 28.9 Å². The Hall–Kier alpha value is -1.75. The molecule has 0 aliphatic carbocycles. The molecule has 2 rings (SSSR count). The van der Waals surface area contributed by atoms with Crippen LogP contribution in [0.5, 0.6) is 0 Å². The Labute approximate surface area is 113 Å². The first kappa shape index (κ1) is 13.7. The monoisotopic (exact) mass is 260 g/mol. The van der Waals surface area contributed by atoms with Gasteiger partial charge in [-0.05, 0) is 30.0 Å². The molecule has 0 aliphatic heterocycles. The zero-order chi connectivity index (χ0) is 13.7. The molecule has 19 heavy (non-hydrogen) atoms. The fourth-order valence-corrected chi connectivity index (χ4v) is 2.19. The van der Waals surface area contributed by atoms with Crippen LogP contribution in [-0.4, -0.2) is 24.9 Å². The van der Waals surface area contributed by atoms with Crippen molar-refractivity contribution in [3.8, 4) is 0 Å². The summed E-state index contributed by atoms with van der Waals surface area (Å²) in [6.45, 7) is 4.99. The van der Waals surface area contributed by atoms with E-state index in [1.54, 1.807) is 12.5 Å². The molecule has 0 amide bonds. The van der Waals surface area contributed by atoms with Crippen molar-refractivity contribution in [2.45, 2.75) is 45.8 Å². The first-order chi connectivity index (χ1) is 9.26. The van der Waals surface area contributed by atoms with Crippen LogP contribution in [0.2, 0.25) is 0 Å². The molecular formula is C14H20N4O. The number of nitrogens with zero attached hydrogens (tertiary/aromatic N) is 4. The van der Waals surface area contributed by atoms with Gasteiger partial charge in [-0.3, -0.25) is 9.67 Å². The molecule has 0 fully saturated rings. The summed E-state index contributed by atoms with van der Waals surface area (Å²) >= 11 is 0. The molecule has 1 N–H and O–H groups in total. The number of hydrogen-bond donors (Lipinski definition) is 1. The Morgan fingerprint density at radius 2 is 2.21 bits per heavy atom. The van der Waals surface area contributed by atoms with Gasteiger partial charge >= 0.3 is 0 Å². The standard InChI is InChI=1S/C14H20N4O/c1-3-7-18-14(16-10-17-18)8-13(19)12-5-6-15-9-11(12)4-2/h5-6,9-10,13,19H,3-4,7-8H2,1-2H3. The molecule has 102 valence electrons. The Morgan fingerprint density at radius 1 is 1.37 bits per heavy atom. The van der Waals surface area contributed by atoms with Crippen molar-refractivity contribution in [1.29, 1.82) is 0 Å². The number of aliphatic hydroxyl groups excluding tert-OH is 1. The third-order valence-electron chi connectivity index (χ3n) is 3.19. The number of pyridine rings is 1. The van der Waals surface area contributed by atoms with Crippen LogP contribution in [0.3, 0.4) is 0 Å². The lowest BCUT2D eigenvalue weighted by Gasteiger charge is -2.14. The SMILES string of the molecule is CCCn1ncnc1CC(O)c1ccncc1CC. The Morgan fingerprint density at radius 3 is 2.95 bits per heavy atom. The van der Waals surface area contributed by atoms with Gasteiger partial charge in [-0.25, -0.2) is 4.98 Å². The third kappa shape index (κ3) is 3.17. The van der Waals surface area contributed by atoms with Crippen molar-refractivity contribution in [3.05, 3.63) is 41.7 Å². The van der Waals surface area contributed by atoms with E-state index in [1.807, 2.05) is 16.9 Å². The molecule has 0 bridgehead atoms. The van der Waals surface area contributed by atoms with E-state index >= 15 is 0 Å². The molecule has 2 aromatic heterocycles. The molecule has 0 spiro atoms. The number of aromatic nitrogens is 4. The van der Waals surface area contributed by atoms with Crippen molar-refractivity contribution < 1.29 is 5.11 Å². The molecule has 0 saturated heterocycles. The summed E-state index contributed by atoms with van der Waals surface area (Å²) in [6.07, 6.45) is 6.87. The molecule has 5 heteroatoms. The first-order valence-electron chi connectivity index (χ1n) is 6.73. The molecule has 2 aromatic rings. The minimum absolute atomic E-state index is 0.483. The minimum Gasteiger partial charge on any atom is -0.388 e. The Balaban J connectivity index is 2.16. The van der Waals surface area contributed by atoms with E-state index in [1.165, 1.54) is 0 Å². The number of hydrogen-bond acceptors (Lipinski definition) is 4. The van der Waals surface area contributed by atoms with E-state index in [-0.39, 0.29) is 0 Å². The van der Waals surface area contributed by atoms with E-state index < -0.39 is 6.10 Å². The van der Waals surface area contributed by atoms with Gasteiger partial charge in [-0.2, -0.15) is 5.10 Å². The molecule has 1 unspecified atom stereocenters. The fourth-order valence-electron chi connectivity index (χ4n) is 2.19. The second kappa shape index (κ2) is 6.43. The number of aliphatic hydroxyl groups is 1.